The first-order chi connectivity index (χ1) is 8.02. The van der Waals surface area contributed by atoms with Crippen molar-refractivity contribution >= 4 is 11.6 Å². The zero-order valence-corrected chi connectivity index (χ0v) is 8.86. The van der Waals surface area contributed by atoms with Gasteiger partial charge in [-0.3, -0.25) is 4.79 Å². The SMILES string of the molecule is O=C1CC(CO)CN1c1cc(O)c(F)cc1F. The molecule has 4 nitrogen and oxygen atoms in total. The Morgan fingerprint density at radius 2 is 2.06 bits per heavy atom. The molecule has 1 aliphatic heterocycles. The van der Waals surface area contributed by atoms with Crippen molar-refractivity contribution in [2.24, 2.45) is 5.92 Å². The van der Waals surface area contributed by atoms with Crippen LogP contribution >= 0.6 is 0 Å². The molecular formula is C11H11F2NO3. The van der Waals surface area contributed by atoms with Crippen LogP contribution in [0.2, 0.25) is 0 Å². The maximum absolute atomic E-state index is 13.5. The van der Waals surface area contributed by atoms with Crippen LogP contribution < -0.4 is 4.90 Å². The number of amides is 1. The molecule has 0 aromatic heterocycles. The number of aliphatic hydroxyl groups excluding tert-OH is 1. The summed E-state index contributed by atoms with van der Waals surface area (Å²) in [5.41, 5.74) is -0.162. The van der Waals surface area contributed by atoms with Gasteiger partial charge in [0.15, 0.2) is 11.6 Å². The van der Waals surface area contributed by atoms with Gasteiger partial charge in [0.2, 0.25) is 5.91 Å². The van der Waals surface area contributed by atoms with Gasteiger partial charge in [-0.1, -0.05) is 0 Å². The predicted molar refractivity (Wildman–Crippen MR) is 55.6 cm³/mol. The van der Waals surface area contributed by atoms with Crippen LogP contribution in [0.15, 0.2) is 12.1 Å². The Morgan fingerprint density at radius 1 is 1.35 bits per heavy atom. The zero-order valence-electron chi connectivity index (χ0n) is 8.86. The fraction of sp³-hybridized carbons (Fsp3) is 0.364. The standard InChI is InChI=1S/C11H11F2NO3/c12-7-2-8(13)10(16)3-9(7)14-4-6(5-15)1-11(14)17/h2-3,6,15-16H,1,4-5H2. The number of anilines is 1. The number of aliphatic hydroxyl groups is 1. The molecule has 1 amide bonds. The van der Waals surface area contributed by atoms with Crippen molar-refractivity contribution in [3.8, 4) is 5.75 Å². The molecule has 1 saturated heterocycles. The lowest BCUT2D eigenvalue weighted by Crippen LogP contribution is -2.26. The number of hydrogen-bond donors (Lipinski definition) is 2. The first-order valence-corrected chi connectivity index (χ1v) is 5.12. The van der Waals surface area contributed by atoms with Crippen molar-refractivity contribution in [3.05, 3.63) is 23.8 Å². The van der Waals surface area contributed by atoms with Gasteiger partial charge < -0.3 is 15.1 Å². The van der Waals surface area contributed by atoms with Gasteiger partial charge in [0.05, 0.1) is 5.69 Å². The van der Waals surface area contributed by atoms with Crippen molar-refractivity contribution in [3.63, 3.8) is 0 Å². The van der Waals surface area contributed by atoms with Crippen LogP contribution in [0, 0.1) is 17.6 Å². The third-order valence-corrected chi connectivity index (χ3v) is 2.77. The smallest absolute Gasteiger partial charge is 0.227 e. The van der Waals surface area contributed by atoms with Crippen LogP contribution in [0.3, 0.4) is 0 Å². The maximum Gasteiger partial charge on any atom is 0.227 e. The van der Waals surface area contributed by atoms with Gasteiger partial charge in [-0.25, -0.2) is 8.78 Å². The predicted octanol–water partition coefficient (Wildman–Crippen LogP) is 1.02. The van der Waals surface area contributed by atoms with Crippen LogP contribution in [0.4, 0.5) is 14.5 Å². The fourth-order valence-corrected chi connectivity index (χ4v) is 1.87. The average Bonchev–Trinajstić information content (AvgIpc) is 2.65. The van der Waals surface area contributed by atoms with Crippen LogP contribution in [-0.4, -0.2) is 29.3 Å². The van der Waals surface area contributed by atoms with E-state index in [0.29, 0.717) is 6.07 Å². The number of nitrogens with zero attached hydrogens (tertiary/aromatic N) is 1. The van der Waals surface area contributed by atoms with Gasteiger partial charge in [-0.05, 0) is 0 Å². The van der Waals surface area contributed by atoms with Gasteiger partial charge in [0, 0.05) is 37.6 Å². The second kappa shape index (κ2) is 4.29. The molecule has 0 radical (unpaired) electrons. The normalized spacial score (nSPS) is 20.1. The first kappa shape index (κ1) is 11.8. The summed E-state index contributed by atoms with van der Waals surface area (Å²) in [5.74, 6) is -3.30. The quantitative estimate of drug-likeness (QED) is 0.815. The van der Waals surface area contributed by atoms with Gasteiger partial charge in [-0.2, -0.15) is 0 Å². The summed E-state index contributed by atoms with van der Waals surface area (Å²) in [6, 6.07) is 1.41. The second-order valence-corrected chi connectivity index (χ2v) is 4.01. The van der Waals surface area contributed by atoms with Crippen molar-refractivity contribution in [1.82, 2.24) is 0 Å². The highest BCUT2D eigenvalue weighted by Gasteiger charge is 2.32. The lowest BCUT2D eigenvalue weighted by atomic mass is 10.1. The minimum Gasteiger partial charge on any atom is -0.505 e. The van der Waals surface area contributed by atoms with Crippen LogP contribution in [0.1, 0.15) is 6.42 Å². The molecule has 6 heteroatoms. The van der Waals surface area contributed by atoms with Crippen molar-refractivity contribution in [2.45, 2.75) is 6.42 Å². The van der Waals surface area contributed by atoms with E-state index in [-0.39, 0.29) is 37.1 Å². The summed E-state index contributed by atoms with van der Waals surface area (Å²) in [4.78, 5) is 12.7. The molecular weight excluding hydrogens is 232 g/mol. The Morgan fingerprint density at radius 3 is 2.65 bits per heavy atom. The second-order valence-electron chi connectivity index (χ2n) is 4.01. The molecule has 1 heterocycles. The number of carbonyl (C=O) groups is 1. The molecule has 0 bridgehead atoms. The fourth-order valence-electron chi connectivity index (χ4n) is 1.87. The Bertz CT molecular complexity index is 464. The van der Waals surface area contributed by atoms with Crippen LogP contribution in [0.5, 0.6) is 5.75 Å². The zero-order chi connectivity index (χ0) is 12.6. The number of rotatable bonds is 2. The number of carbonyl (C=O) groups excluding carboxylic acids is 1. The van der Waals surface area contributed by atoms with Crippen LogP contribution in [0.25, 0.3) is 0 Å². The number of phenolic OH excluding ortho intramolecular Hbond substituents is 1. The molecule has 1 aromatic rings. The molecule has 92 valence electrons. The lowest BCUT2D eigenvalue weighted by molar-refractivity contribution is -0.117. The molecule has 2 N–H and O–H groups in total. The van der Waals surface area contributed by atoms with E-state index >= 15 is 0 Å². The summed E-state index contributed by atoms with van der Waals surface area (Å²) in [7, 11) is 0. The Kier molecular flexibility index (Phi) is 2.97. The maximum atomic E-state index is 13.5. The molecule has 1 aromatic carbocycles. The highest BCUT2D eigenvalue weighted by Crippen LogP contribution is 2.31. The van der Waals surface area contributed by atoms with Gasteiger partial charge in [0.25, 0.3) is 0 Å². The molecule has 1 aliphatic rings. The van der Waals surface area contributed by atoms with Crippen molar-refractivity contribution < 1.29 is 23.8 Å². The molecule has 0 aliphatic carbocycles. The summed E-state index contributed by atoms with van der Waals surface area (Å²) in [5, 5.41) is 18.1. The summed E-state index contributed by atoms with van der Waals surface area (Å²) in [6.45, 7) is -0.00559. The monoisotopic (exact) mass is 243 g/mol. The minimum atomic E-state index is -1.07. The van der Waals surface area contributed by atoms with E-state index < -0.39 is 17.4 Å². The number of benzene rings is 1. The Labute approximate surface area is 96.1 Å². The number of aromatic hydroxyl groups is 1. The summed E-state index contributed by atoms with van der Waals surface area (Å²) < 4.78 is 26.3. The molecule has 17 heavy (non-hydrogen) atoms. The van der Waals surface area contributed by atoms with E-state index in [9.17, 15) is 13.6 Å². The topological polar surface area (TPSA) is 60.8 Å². The van der Waals surface area contributed by atoms with Gasteiger partial charge >= 0.3 is 0 Å². The van der Waals surface area contributed by atoms with Gasteiger partial charge in [-0.15, -0.1) is 0 Å². The first-order valence-electron chi connectivity index (χ1n) is 5.12. The van der Waals surface area contributed by atoms with E-state index in [1.165, 1.54) is 0 Å². The van der Waals surface area contributed by atoms with E-state index in [2.05, 4.69) is 0 Å². The third kappa shape index (κ3) is 2.08. The van der Waals surface area contributed by atoms with E-state index in [0.717, 1.165) is 11.0 Å². The van der Waals surface area contributed by atoms with E-state index in [1.54, 1.807) is 0 Å². The summed E-state index contributed by atoms with van der Waals surface area (Å²) in [6.07, 6.45) is 0.119. The Hall–Kier alpha value is -1.69. The number of hydrogen-bond acceptors (Lipinski definition) is 3. The number of phenols is 1. The van der Waals surface area contributed by atoms with Crippen LogP contribution in [-0.2, 0) is 4.79 Å². The molecule has 1 atom stereocenters. The largest absolute Gasteiger partial charge is 0.505 e. The third-order valence-electron chi connectivity index (χ3n) is 2.77. The minimum absolute atomic E-state index is 0.119. The van der Waals surface area contributed by atoms with Gasteiger partial charge in [0.1, 0.15) is 5.82 Å². The number of halogens is 2. The van der Waals surface area contributed by atoms with E-state index in [1.807, 2.05) is 0 Å². The average molecular weight is 243 g/mol. The van der Waals surface area contributed by atoms with Crippen molar-refractivity contribution in [1.29, 1.82) is 0 Å². The highest BCUT2D eigenvalue weighted by molar-refractivity contribution is 5.96. The van der Waals surface area contributed by atoms with E-state index in [4.69, 9.17) is 10.2 Å². The molecule has 0 spiro atoms. The molecule has 1 unspecified atom stereocenters. The molecule has 1 fully saturated rings. The lowest BCUT2D eigenvalue weighted by Gasteiger charge is -2.17. The Balaban J connectivity index is 2.35. The highest BCUT2D eigenvalue weighted by atomic mass is 19.1. The van der Waals surface area contributed by atoms with Crippen molar-refractivity contribution in [2.75, 3.05) is 18.1 Å². The molecule has 2 rings (SSSR count). The molecule has 0 saturated carbocycles. The summed E-state index contributed by atoms with van der Waals surface area (Å²) >= 11 is 0.